The third kappa shape index (κ3) is 5.18. The predicted octanol–water partition coefficient (Wildman–Crippen LogP) is 4.41. The molecule has 0 N–H and O–H groups in total. The number of ether oxygens (including phenoxy) is 1. The largest absolute Gasteiger partial charge is 0.497 e. The predicted molar refractivity (Wildman–Crippen MR) is 121 cm³/mol. The molecule has 0 aliphatic heterocycles. The molecule has 0 saturated carbocycles. The summed E-state index contributed by atoms with van der Waals surface area (Å²) in [4.78, 5) is 14.4. The Morgan fingerprint density at radius 3 is 2.90 bits per heavy atom. The number of benzene rings is 1. The van der Waals surface area contributed by atoms with E-state index in [1.807, 2.05) is 59.5 Å². The Kier molecular flexibility index (Phi) is 6.73. The van der Waals surface area contributed by atoms with Crippen molar-refractivity contribution in [2.24, 2.45) is 0 Å². The molecule has 1 amide bonds. The number of amides is 1. The van der Waals surface area contributed by atoms with Crippen LogP contribution in [0.3, 0.4) is 0 Å². The molecule has 1 aromatic carbocycles. The average Bonchev–Trinajstić information content (AvgIpc) is 3.55. The van der Waals surface area contributed by atoms with Crippen molar-refractivity contribution in [1.82, 2.24) is 19.7 Å². The Labute approximate surface area is 188 Å². The van der Waals surface area contributed by atoms with Crippen molar-refractivity contribution < 1.29 is 13.9 Å². The first kappa shape index (κ1) is 21.2. The fourth-order valence-corrected chi connectivity index (χ4v) is 4.59. The van der Waals surface area contributed by atoms with Gasteiger partial charge in [0.15, 0.2) is 11.0 Å². The zero-order valence-electron chi connectivity index (χ0n) is 17.2. The van der Waals surface area contributed by atoms with E-state index in [0.29, 0.717) is 24.1 Å². The van der Waals surface area contributed by atoms with Crippen LogP contribution in [0.4, 0.5) is 0 Å². The number of thiophene rings is 1. The van der Waals surface area contributed by atoms with Crippen molar-refractivity contribution in [3.63, 3.8) is 0 Å². The highest BCUT2D eigenvalue weighted by molar-refractivity contribution is 7.99. The summed E-state index contributed by atoms with van der Waals surface area (Å²) in [5.41, 5.74) is 2.01. The lowest BCUT2D eigenvalue weighted by Gasteiger charge is -2.16. The Morgan fingerprint density at radius 2 is 2.16 bits per heavy atom. The van der Waals surface area contributed by atoms with Crippen LogP contribution in [0.25, 0.3) is 11.4 Å². The number of methoxy groups -OCH3 is 1. The van der Waals surface area contributed by atoms with Crippen molar-refractivity contribution in [2.75, 3.05) is 19.9 Å². The molecule has 0 aliphatic carbocycles. The van der Waals surface area contributed by atoms with Gasteiger partial charge in [0.25, 0.3) is 0 Å². The molecular formula is C22H22N4O3S2. The molecule has 3 aromatic heterocycles. The molecule has 0 saturated heterocycles. The van der Waals surface area contributed by atoms with Crippen LogP contribution < -0.4 is 4.74 Å². The van der Waals surface area contributed by atoms with Crippen LogP contribution in [0.1, 0.15) is 11.3 Å². The number of rotatable bonds is 9. The van der Waals surface area contributed by atoms with Crippen molar-refractivity contribution in [1.29, 1.82) is 0 Å². The molecule has 0 radical (unpaired) electrons. The lowest BCUT2D eigenvalue weighted by molar-refractivity contribution is -0.127. The number of thioether (sulfide) groups is 1. The number of carbonyl (C=O) groups excluding carboxylic acids is 1. The molecule has 0 bridgehead atoms. The molecule has 4 rings (SSSR count). The van der Waals surface area contributed by atoms with Gasteiger partial charge < -0.3 is 14.1 Å². The monoisotopic (exact) mass is 454 g/mol. The normalized spacial score (nSPS) is 10.9. The lowest BCUT2D eigenvalue weighted by Crippen LogP contribution is -2.27. The summed E-state index contributed by atoms with van der Waals surface area (Å²) in [6.45, 7) is 1.06. The summed E-state index contributed by atoms with van der Waals surface area (Å²) < 4.78 is 12.8. The van der Waals surface area contributed by atoms with Gasteiger partial charge in [-0.2, -0.15) is 11.3 Å². The van der Waals surface area contributed by atoms with Gasteiger partial charge in [0.05, 0.1) is 25.7 Å². The Morgan fingerprint density at radius 1 is 1.26 bits per heavy atom. The SMILES string of the molecule is COc1cccc(-c2nnc(SCC(=O)N(C)Cc3ccsc3)n2Cc2ccco2)c1. The van der Waals surface area contributed by atoms with Crippen molar-refractivity contribution in [3.05, 3.63) is 70.8 Å². The topological polar surface area (TPSA) is 73.4 Å². The maximum Gasteiger partial charge on any atom is 0.233 e. The maximum absolute atomic E-state index is 12.6. The number of furan rings is 1. The standard InChI is InChI=1S/C22H22N4O3S2/c1-25(12-16-8-10-30-14-16)20(27)15-31-22-24-23-21(17-5-3-6-18(11-17)28-2)26(22)13-19-7-4-9-29-19/h3-11,14H,12-13,15H2,1-2H3. The Balaban J connectivity index is 1.53. The van der Waals surface area contributed by atoms with Crippen molar-refractivity contribution in [2.45, 2.75) is 18.2 Å². The Bertz CT molecular complexity index is 1120. The Hall–Kier alpha value is -3.04. The number of carbonyl (C=O) groups is 1. The minimum atomic E-state index is 0.0340. The van der Waals surface area contributed by atoms with Crippen molar-refractivity contribution >= 4 is 29.0 Å². The third-order valence-corrected chi connectivity index (χ3v) is 6.37. The van der Waals surface area contributed by atoms with Gasteiger partial charge in [0.1, 0.15) is 11.5 Å². The van der Waals surface area contributed by atoms with E-state index in [1.165, 1.54) is 11.8 Å². The van der Waals surface area contributed by atoms with Gasteiger partial charge in [-0.05, 0) is 46.7 Å². The van der Waals surface area contributed by atoms with E-state index in [4.69, 9.17) is 9.15 Å². The smallest absolute Gasteiger partial charge is 0.233 e. The van der Waals surface area contributed by atoms with E-state index in [2.05, 4.69) is 15.6 Å². The molecule has 0 fully saturated rings. The molecule has 4 aromatic rings. The van der Waals surface area contributed by atoms with Gasteiger partial charge >= 0.3 is 0 Å². The minimum absolute atomic E-state index is 0.0340. The molecule has 0 aliphatic rings. The fraction of sp³-hybridized carbons (Fsp3) is 0.227. The van der Waals surface area contributed by atoms with Crippen LogP contribution >= 0.6 is 23.1 Å². The highest BCUT2D eigenvalue weighted by Crippen LogP contribution is 2.28. The molecule has 9 heteroatoms. The van der Waals surface area contributed by atoms with E-state index in [0.717, 1.165) is 22.6 Å². The van der Waals surface area contributed by atoms with Gasteiger partial charge in [0, 0.05) is 19.2 Å². The summed E-state index contributed by atoms with van der Waals surface area (Å²) in [6.07, 6.45) is 1.64. The summed E-state index contributed by atoms with van der Waals surface area (Å²) in [6, 6.07) is 13.5. The molecule has 0 unspecified atom stereocenters. The second kappa shape index (κ2) is 9.84. The van der Waals surface area contributed by atoms with Gasteiger partial charge in [0.2, 0.25) is 5.91 Å². The summed E-state index contributed by atoms with van der Waals surface area (Å²) >= 11 is 3.00. The highest BCUT2D eigenvalue weighted by atomic mass is 32.2. The van der Waals surface area contributed by atoms with Crippen LogP contribution in [0.15, 0.2) is 69.1 Å². The van der Waals surface area contributed by atoms with Crippen LogP contribution in [0.2, 0.25) is 0 Å². The van der Waals surface area contributed by atoms with Crippen LogP contribution in [0, 0.1) is 0 Å². The first-order valence-electron chi connectivity index (χ1n) is 9.62. The van der Waals surface area contributed by atoms with Gasteiger partial charge in [-0.15, -0.1) is 10.2 Å². The molecular weight excluding hydrogens is 432 g/mol. The second-order valence-corrected chi connectivity index (χ2v) is 8.60. The zero-order valence-corrected chi connectivity index (χ0v) is 18.9. The number of hydrogen-bond donors (Lipinski definition) is 0. The first-order chi connectivity index (χ1) is 15.1. The first-order valence-corrected chi connectivity index (χ1v) is 11.5. The second-order valence-electron chi connectivity index (χ2n) is 6.87. The van der Waals surface area contributed by atoms with E-state index in [1.54, 1.807) is 29.6 Å². The molecule has 0 spiro atoms. The van der Waals surface area contributed by atoms with Gasteiger partial charge in [-0.1, -0.05) is 23.9 Å². The molecule has 3 heterocycles. The van der Waals surface area contributed by atoms with E-state index < -0.39 is 0 Å². The van der Waals surface area contributed by atoms with Crippen molar-refractivity contribution in [3.8, 4) is 17.1 Å². The average molecular weight is 455 g/mol. The quantitative estimate of drug-likeness (QED) is 0.349. The highest BCUT2D eigenvalue weighted by Gasteiger charge is 2.18. The lowest BCUT2D eigenvalue weighted by atomic mass is 10.2. The van der Waals surface area contributed by atoms with Crippen LogP contribution in [-0.4, -0.2) is 45.5 Å². The molecule has 7 nitrogen and oxygen atoms in total. The van der Waals surface area contributed by atoms with E-state index >= 15 is 0 Å². The van der Waals surface area contributed by atoms with Crippen LogP contribution in [0.5, 0.6) is 5.75 Å². The minimum Gasteiger partial charge on any atom is -0.497 e. The maximum atomic E-state index is 12.6. The summed E-state index contributed by atoms with van der Waals surface area (Å²) in [5, 5.41) is 13.5. The summed E-state index contributed by atoms with van der Waals surface area (Å²) in [5.74, 6) is 2.52. The number of aromatic nitrogens is 3. The molecule has 31 heavy (non-hydrogen) atoms. The number of hydrogen-bond acceptors (Lipinski definition) is 7. The zero-order chi connectivity index (χ0) is 21.6. The van der Waals surface area contributed by atoms with E-state index in [9.17, 15) is 4.79 Å². The fourth-order valence-electron chi connectivity index (χ4n) is 3.05. The number of nitrogens with zero attached hydrogens (tertiary/aromatic N) is 4. The summed E-state index contributed by atoms with van der Waals surface area (Å²) in [7, 11) is 3.45. The third-order valence-electron chi connectivity index (χ3n) is 4.69. The van der Waals surface area contributed by atoms with Gasteiger partial charge in [-0.25, -0.2) is 0 Å². The molecule has 160 valence electrons. The molecule has 0 atom stereocenters. The van der Waals surface area contributed by atoms with Crippen LogP contribution in [-0.2, 0) is 17.9 Å². The van der Waals surface area contributed by atoms with Gasteiger partial charge in [-0.3, -0.25) is 9.36 Å². The van der Waals surface area contributed by atoms with E-state index in [-0.39, 0.29) is 11.7 Å².